The van der Waals surface area contributed by atoms with E-state index in [2.05, 4.69) is 20.6 Å². The molecular formula is C21H29N5O2. The van der Waals surface area contributed by atoms with Crippen LogP contribution in [0.1, 0.15) is 48.7 Å². The number of anilines is 1. The van der Waals surface area contributed by atoms with E-state index in [0.717, 1.165) is 31.5 Å². The number of rotatable bonds is 6. The summed E-state index contributed by atoms with van der Waals surface area (Å²) < 4.78 is 1.91. The number of likely N-dealkylation sites (N-methyl/N-ethyl adjacent to an activating group) is 1. The summed E-state index contributed by atoms with van der Waals surface area (Å²) in [6.45, 7) is 8.12. The number of benzene rings is 1. The van der Waals surface area contributed by atoms with Gasteiger partial charge >= 0.3 is 0 Å². The zero-order valence-corrected chi connectivity index (χ0v) is 16.8. The van der Waals surface area contributed by atoms with Crippen LogP contribution in [-0.2, 0) is 4.79 Å². The highest BCUT2D eigenvalue weighted by Gasteiger charge is 2.28. The molecule has 2 N–H and O–H groups in total. The zero-order chi connectivity index (χ0) is 20.1. The van der Waals surface area contributed by atoms with Crippen molar-refractivity contribution in [1.29, 1.82) is 0 Å². The van der Waals surface area contributed by atoms with Crippen molar-refractivity contribution in [3.63, 3.8) is 0 Å². The number of aryl methyl sites for hydroxylation is 1. The van der Waals surface area contributed by atoms with Gasteiger partial charge < -0.3 is 10.6 Å². The van der Waals surface area contributed by atoms with Crippen molar-refractivity contribution in [3.8, 4) is 0 Å². The van der Waals surface area contributed by atoms with Gasteiger partial charge in [0.15, 0.2) is 0 Å². The summed E-state index contributed by atoms with van der Waals surface area (Å²) in [6.07, 6.45) is 3.49. The molecule has 2 amide bonds. The van der Waals surface area contributed by atoms with Crippen molar-refractivity contribution in [2.75, 3.05) is 25.0 Å². The molecule has 150 valence electrons. The molecule has 2 aromatic rings. The molecule has 0 unspecified atom stereocenters. The molecule has 1 aliphatic heterocycles. The van der Waals surface area contributed by atoms with E-state index < -0.39 is 0 Å². The van der Waals surface area contributed by atoms with E-state index in [1.807, 2.05) is 55.8 Å². The maximum atomic E-state index is 12.6. The fourth-order valence-electron chi connectivity index (χ4n) is 3.72. The monoisotopic (exact) mass is 383 g/mol. The first-order valence-corrected chi connectivity index (χ1v) is 9.93. The lowest BCUT2D eigenvalue weighted by atomic mass is 10.0. The Balaban J connectivity index is 1.63. The van der Waals surface area contributed by atoms with E-state index in [1.54, 1.807) is 6.20 Å². The maximum Gasteiger partial charge on any atom is 0.257 e. The number of nitrogens with one attached hydrogen (secondary N) is 2. The normalized spacial score (nSPS) is 16.5. The van der Waals surface area contributed by atoms with Crippen molar-refractivity contribution in [3.05, 3.63) is 47.7 Å². The Morgan fingerprint density at radius 3 is 2.61 bits per heavy atom. The Morgan fingerprint density at radius 1 is 1.21 bits per heavy atom. The Morgan fingerprint density at radius 2 is 1.93 bits per heavy atom. The third kappa shape index (κ3) is 4.42. The van der Waals surface area contributed by atoms with E-state index in [0.29, 0.717) is 17.9 Å². The van der Waals surface area contributed by atoms with Crippen LogP contribution < -0.4 is 10.6 Å². The largest absolute Gasteiger partial charge is 0.355 e. The molecule has 0 aliphatic carbocycles. The van der Waals surface area contributed by atoms with Gasteiger partial charge in [-0.05, 0) is 45.2 Å². The molecule has 2 heterocycles. The minimum absolute atomic E-state index is 0.0752. The molecule has 7 nitrogen and oxygen atoms in total. The van der Waals surface area contributed by atoms with Crippen LogP contribution in [0.15, 0.2) is 36.5 Å². The fraction of sp³-hybridized carbons (Fsp3) is 0.476. The van der Waals surface area contributed by atoms with E-state index in [4.69, 9.17) is 0 Å². The van der Waals surface area contributed by atoms with Crippen LogP contribution in [0.4, 0.5) is 5.82 Å². The summed E-state index contributed by atoms with van der Waals surface area (Å²) in [5, 5.41) is 10.3. The quantitative estimate of drug-likeness (QED) is 0.804. The standard InChI is InChI=1S/C21H29N5O2/c1-4-22-20(27)16(3)25-13-10-17(11-14-25)26-19(9-12-23-26)24-21(28)18-8-6-5-7-15(18)2/h5-9,12,16-17H,4,10-11,13-14H2,1-3H3,(H,22,27)(H,24,28)/t16-/m1/s1. The van der Waals surface area contributed by atoms with Crippen LogP contribution in [0, 0.1) is 6.92 Å². The molecule has 1 aromatic heterocycles. The molecular weight excluding hydrogens is 354 g/mol. The highest BCUT2D eigenvalue weighted by atomic mass is 16.2. The smallest absolute Gasteiger partial charge is 0.257 e. The summed E-state index contributed by atoms with van der Waals surface area (Å²) in [6, 6.07) is 9.46. The molecule has 1 atom stereocenters. The number of nitrogens with zero attached hydrogens (tertiary/aromatic N) is 3. The van der Waals surface area contributed by atoms with Crippen LogP contribution in [0.25, 0.3) is 0 Å². The van der Waals surface area contributed by atoms with Crippen molar-refractivity contribution >= 4 is 17.6 Å². The Bertz CT molecular complexity index is 824. The van der Waals surface area contributed by atoms with E-state index in [-0.39, 0.29) is 23.9 Å². The van der Waals surface area contributed by atoms with Gasteiger partial charge in [0.25, 0.3) is 5.91 Å². The van der Waals surface area contributed by atoms with E-state index in [9.17, 15) is 9.59 Å². The Labute approximate surface area is 166 Å². The number of piperidine rings is 1. The van der Waals surface area contributed by atoms with Gasteiger partial charge in [-0.3, -0.25) is 14.5 Å². The number of aromatic nitrogens is 2. The number of carbonyl (C=O) groups excluding carboxylic acids is 2. The molecule has 0 radical (unpaired) electrons. The van der Waals surface area contributed by atoms with Crippen LogP contribution >= 0.6 is 0 Å². The first-order chi connectivity index (χ1) is 13.5. The Hall–Kier alpha value is -2.67. The second kappa shape index (κ2) is 9.01. The van der Waals surface area contributed by atoms with Crippen LogP contribution in [0.5, 0.6) is 0 Å². The average Bonchev–Trinajstić information content (AvgIpc) is 3.16. The number of carbonyl (C=O) groups is 2. The lowest BCUT2D eigenvalue weighted by Crippen LogP contribution is -2.48. The molecule has 0 saturated carbocycles. The van der Waals surface area contributed by atoms with Gasteiger partial charge in [0, 0.05) is 31.3 Å². The molecule has 1 aromatic carbocycles. The molecule has 1 saturated heterocycles. The van der Waals surface area contributed by atoms with Crippen molar-refractivity contribution in [1.82, 2.24) is 20.0 Å². The van der Waals surface area contributed by atoms with Crippen molar-refractivity contribution in [2.24, 2.45) is 0 Å². The SMILES string of the molecule is CCNC(=O)[C@@H](C)N1CCC(n2nccc2NC(=O)c2ccccc2C)CC1. The molecule has 1 fully saturated rings. The lowest BCUT2D eigenvalue weighted by Gasteiger charge is -2.35. The highest BCUT2D eigenvalue weighted by molar-refractivity contribution is 6.04. The van der Waals surface area contributed by atoms with Gasteiger partial charge in [-0.1, -0.05) is 18.2 Å². The summed E-state index contributed by atoms with van der Waals surface area (Å²) in [4.78, 5) is 26.9. The summed E-state index contributed by atoms with van der Waals surface area (Å²) in [5.74, 6) is 0.664. The number of likely N-dealkylation sites (tertiary alicyclic amines) is 1. The number of hydrogen-bond acceptors (Lipinski definition) is 4. The average molecular weight is 383 g/mol. The summed E-state index contributed by atoms with van der Waals surface area (Å²) >= 11 is 0. The van der Waals surface area contributed by atoms with Gasteiger partial charge in [0.1, 0.15) is 5.82 Å². The van der Waals surface area contributed by atoms with Crippen molar-refractivity contribution < 1.29 is 9.59 Å². The second-order valence-electron chi connectivity index (χ2n) is 7.27. The van der Waals surface area contributed by atoms with Gasteiger partial charge in [-0.15, -0.1) is 0 Å². The van der Waals surface area contributed by atoms with Gasteiger partial charge in [0.2, 0.25) is 5.91 Å². The first kappa shape index (κ1) is 20.1. The molecule has 7 heteroatoms. The van der Waals surface area contributed by atoms with Crippen LogP contribution in [-0.4, -0.2) is 52.2 Å². The first-order valence-electron chi connectivity index (χ1n) is 9.93. The highest BCUT2D eigenvalue weighted by Crippen LogP contribution is 2.26. The molecule has 0 bridgehead atoms. The second-order valence-corrected chi connectivity index (χ2v) is 7.27. The third-order valence-electron chi connectivity index (χ3n) is 5.42. The minimum Gasteiger partial charge on any atom is -0.355 e. The third-order valence-corrected chi connectivity index (χ3v) is 5.42. The molecule has 1 aliphatic rings. The van der Waals surface area contributed by atoms with Crippen LogP contribution in [0.3, 0.4) is 0 Å². The maximum absolute atomic E-state index is 12.6. The Kier molecular flexibility index (Phi) is 6.46. The van der Waals surface area contributed by atoms with Gasteiger partial charge in [-0.25, -0.2) is 4.68 Å². The molecule has 0 spiro atoms. The zero-order valence-electron chi connectivity index (χ0n) is 16.8. The van der Waals surface area contributed by atoms with E-state index >= 15 is 0 Å². The summed E-state index contributed by atoms with van der Waals surface area (Å²) in [7, 11) is 0. The lowest BCUT2D eigenvalue weighted by molar-refractivity contribution is -0.126. The fourth-order valence-corrected chi connectivity index (χ4v) is 3.72. The molecule has 28 heavy (non-hydrogen) atoms. The van der Waals surface area contributed by atoms with Crippen LogP contribution in [0.2, 0.25) is 0 Å². The topological polar surface area (TPSA) is 79.3 Å². The van der Waals surface area contributed by atoms with E-state index in [1.165, 1.54) is 0 Å². The van der Waals surface area contributed by atoms with Gasteiger partial charge in [0.05, 0.1) is 18.3 Å². The molecule has 3 rings (SSSR count). The minimum atomic E-state index is -0.126. The number of hydrogen-bond donors (Lipinski definition) is 2. The predicted octanol–water partition coefficient (Wildman–Crippen LogP) is 2.61. The predicted molar refractivity (Wildman–Crippen MR) is 109 cm³/mol. The van der Waals surface area contributed by atoms with Crippen molar-refractivity contribution in [2.45, 2.75) is 45.7 Å². The van der Waals surface area contributed by atoms with Gasteiger partial charge in [-0.2, -0.15) is 5.10 Å². The summed E-state index contributed by atoms with van der Waals surface area (Å²) in [5.41, 5.74) is 1.61. The number of amides is 2.